The van der Waals surface area contributed by atoms with E-state index >= 15 is 0 Å². The molecule has 0 unspecified atom stereocenters. The second-order valence-corrected chi connectivity index (χ2v) is 13.7. The highest BCUT2D eigenvalue weighted by Gasteiger charge is 2.19. The van der Waals surface area contributed by atoms with Gasteiger partial charge in [-0.25, -0.2) is 14.4 Å². The summed E-state index contributed by atoms with van der Waals surface area (Å²) >= 11 is 0. The Labute approximate surface area is 326 Å². The highest BCUT2D eigenvalue weighted by atomic mass is 19.1. The summed E-state index contributed by atoms with van der Waals surface area (Å²) in [5.41, 5.74) is 6.54. The Morgan fingerprint density at radius 2 is 1.04 bits per heavy atom. The molecule has 5 nitrogen and oxygen atoms in total. The van der Waals surface area contributed by atoms with E-state index in [1.807, 2.05) is 120 Å². The van der Waals surface area contributed by atoms with E-state index in [0.29, 0.717) is 67.6 Å². The van der Waals surface area contributed by atoms with Crippen LogP contribution in [0.2, 0.25) is 0 Å². The fourth-order valence-electron chi connectivity index (χ4n) is 7.30. The van der Waals surface area contributed by atoms with Gasteiger partial charge in [0.25, 0.3) is 0 Å². The first-order valence-corrected chi connectivity index (χ1v) is 18.2. The van der Waals surface area contributed by atoms with Crippen LogP contribution >= 0.6 is 0 Å². The van der Waals surface area contributed by atoms with Crippen molar-refractivity contribution >= 4 is 71.6 Å². The molecule has 0 fully saturated rings. The van der Waals surface area contributed by atoms with Crippen LogP contribution < -0.4 is 4.90 Å². The largest absolute Gasteiger partial charge is 0.436 e. The van der Waals surface area contributed by atoms with Gasteiger partial charge in [-0.05, 0) is 128 Å². The van der Waals surface area contributed by atoms with Crippen LogP contribution in [0, 0.1) is 5.82 Å². The van der Waals surface area contributed by atoms with Gasteiger partial charge in [0.2, 0.25) is 11.8 Å². The maximum Gasteiger partial charge on any atom is 0.227 e. The summed E-state index contributed by atoms with van der Waals surface area (Å²) < 4.78 is 64.5. The number of fused-ring (bicyclic) bond motifs is 5. The van der Waals surface area contributed by atoms with Crippen molar-refractivity contribution in [2.24, 2.45) is 0 Å². The number of aromatic nitrogens is 2. The van der Waals surface area contributed by atoms with E-state index in [4.69, 9.17) is 18.8 Å². The van der Waals surface area contributed by atoms with Crippen molar-refractivity contribution in [1.29, 1.82) is 0 Å². The molecule has 0 aliphatic rings. The molecule has 56 heavy (non-hydrogen) atoms. The summed E-state index contributed by atoms with van der Waals surface area (Å²) in [6, 6.07) is 48.0. The summed E-state index contributed by atoms with van der Waals surface area (Å²) in [6.45, 7) is 0. The van der Waals surface area contributed by atoms with Crippen LogP contribution in [0.1, 0.15) is 5.48 Å². The van der Waals surface area contributed by atoms with Gasteiger partial charge in [0.15, 0.2) is 11.2 Å². The molecule has 6 heteroatoms. The summed E-state index contributed by atoms with van der Waals surface area (Å²) in [5.74, 6) is 0.556. The molecule has 0 aliphatic carbocycles. The maximum atomic E-state index is 14.2. The lowest BCUT2D eigenvalue weighted by atomic mass is 9.98. The summed E-state index contributed by atoms with van der Waals surface area (Å²) in [5, 5.41) is 4.01. The molecule has 0 N–H and O–H groups in total. The molecule has 2 aromatic heterocycles. The summed E-state index contributed by atoms with van der Waals surface area (Å²) in [4.78, 5) is 11.4. The molecule has 0 aliphatic heterocycles. The minimum absolute atomic E-state index is 0.00849. The Morgan fingerprint density at radius 1 is 0.429 bits per heavy atom. The third kappa shape index (κ3) is 5.63. The van der Waals surface area contributed by atoms with Crippen LogP contribution in [0.3, 0.4) is 0 Å². The minimum Gasteiger partial charge on any atom is -0.436 e. The van der Waals surface area contributed by atoms with Crippen molar-refractivity contribution in [3.8, 4) is 34.0 Å². The monoisotopic (exact) mass is 727 g/mol. The number of hydrogen-bond donors (Lipinski definition) is 0. The van der Waals surface area contributed by atoms with E-state index in [0.717, 1.165) is 27.3 Å². The van der Waals surface area contributed by atoms with Gasteiger partial charge in [-0.15, -0.1) is 0 Å². The smallest absolute Gasteiger partial charge is 0.227 e. The molecular weight excluding hydrogens is 694 g/mol. The number of rotatable bonds is 6. The van der Waals surface area contributed by atoms with Gasteiger partial charge in [0.1, 0.15) is 16.9 Å². The highest BCUT2D eigenvalue weighted by molar-refractivity contribution is 5.96. The van der Waals surface area contributed by atoms with Crippen LogP contribution in [0.15, 0.2) is 191 Å². The first-order valence-electron chi connectivity index (χ1n) is 20.2. The molecule has 0 spiro atoms. The van der Waals surface area contributed by atoms with Crippen molar-refractivity contribution in [2.75, 3.05) is 4.90 Å². The van der Waals surface area contributed by atoms with Crippen molar-refractivity contribution in [3.05, 3.63) is 188 Å². The molecule has 0 bridgehead atoms. The lowest BCUT2D eigenvalue weighted by Gasteiger charge is -2.25. The Kier molecular flexibility index (Phi) is 6.38. The topological polar surface area (TPSA) is 55.3 Å². The van der Waals surface area contributed by atoms with Crippen LogP contribution in [0.25, 0.3) is 88.6 Å². The standard InChI is InChI=1S/C50H30FN3O2/c51-41-18-16-32-10-12-36(26-40(32)27-41)35-13-14-38-28-42(19-17-37(38)24-35)54(43-20-22-45-47(29-43)55-49(52-45)33-7-2-1-3-8-33)44-21-23-46-48(30-44)56-50(53-46)39-15-11-31-6-4-5-9-34(31)25-39/h1-30H/i14D,17D,24D,28D. The maximum absolute atomic E-state index is 14.2. The summed E-state index contributed by atoms with van der Waals surface area (Å²) in [7, 11) is 0. The van der Waals surface area contributed by atoms with E-state index in [2.05, 4.69) is 6.07 Å². The number of oxazole rings is 2. The molecule has 2 heterocycles. The Morgan fingerprint density at radius 3 is 1.80 bits per heavy atom. The zero-order valence-corrected chi connectivity index (χ0v) is 29.5. The number of nitrogens with zero attached hydrogens (tertiary/aromatic N) is 3. The predicted molar refractivity (Wildman–Crippen MR) is 225 cm³/mol. The second-order valence-electron chi connectivity index (χ2n) is 13.7. The molecule has 0 saturated heterocycles. The Balaban J connectivity index is 1.08. The highest BCUT2D eigenvalue weighted by Crippen LogP contribution is 2.40. The van der Waals surface area contributed by atoms with Crippen molar-refractivity contribution < 1.29 is 18.7 Å². The van der Waals surface area contributed by atoms with Crippen LogP contribution in [0.5, 0.6) is 0 Å². The molecule has 11 aromatic rings. The molecule has 11 rings (SSSR count). The normalized spacial score (nSPS) is 12.7. The zero-order valence-electron chi connectivity index (χ0n) is 33.5. The molecule has 9 aromatic carbocycles. The van der Waals surface area contributed by atoms with E-state index in [1.165, 1.54) is 12.1 Å². The van der Waals surface area contributed by atoms with Gasteiger partial charge in [-0.3, -0.25) is 0 Å². The van der Waals surface area contributed by atoms with E-state index < -0.39 is 0 Å². The first kappa shape index (κ1) is 28.0. The van der Waals surface area contributed by atoms with Crippen LogP contribution in [0.4, 0.5) is 21.5 Å². The third-order valence-corrected chi connectivity index (χ3v) is 10.1. The Hall–Kier alpha value is -7.57. The molecule has 264 valence electrons. The second kappa shape index (κ2) is 12.8. The van der Waals surface area contributed by atoms with E-state index in [1.54, 1.807) is 24.3 Å². The fourth-order valence-corrected chi connectivity index (χ4v) is 7.30. The van der Waals surface area contributed by atoms with Crippen molar-refractivity contribution in [1.82, 2.24) is 9.97 Å². The van der Waals surface area contributed by atoms with Gasteiger partial charge >= 0.3 is 0 Å². The Bertz CT molecular complexity index is 3530. The average molecular weight is 728 g/mol. The number of hydrogen-bond acceptors (Lipinski definition) is 5. The SMILES string of the molecule is [2H]c1cc(N(c2ccc3nc(-c4ccccc4)oc3c2)c2ccc3nc(-c4ccc5ccccc5c4)oc3c2)c([2H])c2c([2H])cc(-c3ccc4ccc(F)cc4c3)c([2H])c12. The quantitative estimate of drug-likeness (QED) is 0.171. The zero-order chi connectivity index (χ0) is 40.6. The molecule has 0 saturated carbocycles. The molecule has 0 amide bonds. The van der Waals surface area contributed by atoms with Crippen LogP contribution in [-0.4, -0.2) is 9.97 Å². The van der Waals surface area contributed by atoms with Gasteiger partial charge in [0, 0.05) is 40.3 Å². The predicted octanol–water partition coefficient (Wildman–Crippen LogP) is 14.0. The molecular formula is C50H30FN3O2. The number of halogens is 1. The fraction of sp³-hybridized carbons (Fsp3) is 0. The number of anilines is 3. The van der Waals surface area contributed by atoms with E-state index in [-0.39, 0.29) is 40.8 Å². The van der Waals surface area contributed by atoms with E-state index in [9.17, 15) is 9.87 Å². The summed E-state index contributed by atoms with van der Waals surface area (Å²) in [6.07, 6.45) is 0. The van der Waals surface area contributed by atoms with Crippen molar-refractivity contribution in [3.63, 3.8) is 0 Å². The minimum atomic E-state index is -0.373. The average Bonchev–Trinajstić information content (AvgIpc) is 3.90. The van der Waals surface area contributed by atoms with Crippen molar-refractivity contribution in [2.45, 2.75) is 0 Å². The number of benzene rings is 9. The van der Waals surface area contributed by atoms with Crippen LogP contribution in [-0.2, 0) is 0 Å². The first-order chi connectivity index (χ1) is 29.3. The van der Waals surface area contributed by atoms with Gasteiger partial charge in [0.05, 0.1) is 5.48 Å². The third-order valence-electron chi connectivity index (χ3n) is 10.1. The molecule has 0 atom stereocenters. The lowest BCUT2D eigenvalue weighted by Crippen LogP contribution is -2.09. The van der Waals surface area contributed by atoms with Gasteiger partial charge in [-0.2, -0.15) is 0 Å². The van der Waals surface area contributed by atoms with Gasteiger partial charge in [-0.1, -0.05) is 84.9 Å². The van der Waals surface area contributed by atoms with Gasteiger partial charge < -0.3 is 13.7 Å². The molecule has 0 radical (unpaired) electrons. The lowest BCUT2D eigenvalue weighted by molar-refractivity contribution is 0.620.